The van der Waals surface area contributed by atoms with Gasteiger partial charge in [-0.1, -0.05) is 36.4 Å². The number of hydrogen-bond acceptors (Lipinski definition) is 3. The molecule has 1 aliphatic rings. The summed E-state index contributed by atoms with van der Waals surface area (Å²) in [5, 5.41) is 9.05. The number of thiophene rings is 1. The van der Waals surface area contributed by atoms with Crippen LogP contribution in [0.3, 0.4) is 0 Å². The van der Waals surface area contributed by atoms with Gasteiger partial charge in [0.15, 0.2) is 5.96 Å². The Hall–Kier alpha value is -1.12. The van der Waals surface area contributed by atoms with Crippen molar-refractivity contribution < 1.29 is 0 Å². The molecule has 1 aliphatic heterocycles. The highest BCUT2D eigenvalue weighted by atomic mass is 127. The van der Waals surface area contributed by atoms with Crippen LogP contribution in [0.25, 0.3) is 0 Å². The van der Waals surface area contributed by atoms with Crippen molar-refractivity contribution in [1.82, 2.24) is 15.5 Å². The molecule has 0 amide bonds. The Labute approximate surface area is 178 Å². The molecule has 2 heterocycles. The minimum atomic E-state index is 0. The van der Waals surface area contributed by atoms with Gasteiger partial charge in [0, 0.05) is 31.6 Å². The van der Waals surface area contributed by atoms with Crippen molar-refractivity contribution in [3.05, 3.63) is 58.3 Å². The van der Waals surface area contributed by atoms with Crippen molar-refractivity contribution in [3.8, 4) is 0 Å². The van der Waals surface area contributed by atoms with Crippen LogP contribution in [0, 0.1) is 5.92 Å². The fraction of sp³-hybridized carbons (Fsp3) is 0.450. The second kappa shape index (κ2) is 11.6. The van der Waals surface area contributed by atoms with Gasteiger partial charge in [-0.2, -0.15) is 0 Å². The van der Waals surface area contributed by atoms with Crippen LogP contribution in [-0.4, -0.2) is 37.5 Å². The zero-order valence-electron chi connectivity index (χ0n) is 15.4. The van der Waals surface area contributed by atoms with Gasteiger partial charge in [-0.3, -0.25) is 9.89 Å². The minimum absolute atomic E-state index is 0. The zero-order chi connectivity index (χ0) is 17.3. The molecule has 1 fully saturated rings. The number of aliphatic imine (C=N–C) groups is 1. The van der Waals surface area contributed by atoms with Crippen molar-refractivity contribution >= 4 is 41.3 Å². The van der Waals surface area contributed by atoms with Crippen molar-refractivity contribution in [2.24, 2.45) is 10.9 Å². The minimum Gasteiger partial charge on any atom is -0.356 e. The van der Waals surface area contributed by atoms with Gasteiger partial charge in [0.25, 0.3) is 0 Å². The molecule has 2 N–H and O–H groups in total. The lowest BCUT2D eigenvalue weighted by Gasteiger charge is -2.32. The maximum absolute atomic E-state index is 4.34. The summed E-state index contributed by atoms with van der Waals surface area (Å²) < 4.78 is 0. The zero-order valence-corrected chi connectivity index (χ0v) is 18.5. The smallest absolute Gasteiger partial charge is 0.191 e. The molecule has 1 aromatic heterocycles. The van der Waals surface area contributed by atoms with Gasteiger partial charge in [-0.05, 0) is 48.9 Å². The van der Waals surface area contributed by atoms with E-state index in [4.69, 9.17) is 0 Å². The Bertz CT molecular complexity index is 637. The molecular formula is C20H29IN4S. The van der Waals surface area contributed by atoms with Crippen molar-refractivity contribution in [2.75, 3.05) is 26.7 Å². The molecule has 0 bridgehead atoms. The molecule has 4 nitrogen and oxygen atoms in total. The van der Waals surface area contributed by atoms with E-state index in [9.17, 15) is 0 Å². The molecular weight excluding hydrogens is 455 g/mol. The van der Waals surface area contributed by atoms with Crippen LogP contribution in [0.1, 0.15) is 23.3 Å². The summed E-state index contributed by atoms with van der Waals surface area (Å²) in [5.41, 5.74) is 1.27. The summed E-state index contributed by atoms with van der Waals surface area (Å²) in [6.07, 6.45) is 2.52. The van der Waals surface area contributed by atoms with Gasteiger partial charge in [-0.15, -0.1) is 35.3 Å². The van der Waals surface area contributed by atoms with E-state index >= 15 is 0 Å². The van der Waals surface area contributed by atoms with E-state index in [0.717, 1.165) is 31.5 Å². The number of benzene rings is 1. The van der Waals surface area contributed by atoms with Crippen LogP contribution in [0.5, 0.6) is 0 Å². The molecule has 0 atom stereocenters. The van der Waals surface area contributed by atoms with Crippen LogP contribution in [0.15, 0.2) is 52.8 Å². The van der Waals surface area contributed by atoms with Crippen LogP contribution < -0.4 is 10.6 Å². The first-order valence-electron chi connectivity index (χ1n) is 9.06. The maximum atomic E-state index is 4.34. The van der Waals surface area contributed by atoms with Gasteiger partial charge in [0.2, 0.25) is 0 Å². The lowest BCUT2D eigenvalue weighted by Crippen LogP contribution is -2.42. The summed E-state index contributed by atoms with van der Waals surface area (Å²) in [5.74, 6) is 1.62. The monoisotopic (exact) mass is 484 g/mol. The van der Waals surface area contributed by atoms with Crippen molar-refractivity contribution in [1.29, 1.82) is 0 Å². The maximum Gasteiger partial charge on any atom is 0.191 e. The van der Waals surface area contributed by atoms with E-state index < -0.39 is 0 Å². The highest BCUT2D eigenvalue weighted by molar-refractivity contribution is 14.0. The second-order valence-corrected chi connectivity index (χ2v) is 7.62. The fourth-order valence-corrected chi connectivity index (χ4v) is 3.96. The van der Waals surface area contributed by atoms with Gasteiger partial charge in [0.05, 0.1) is 0 Å². The third kappa shape index (κ3) is 6.89. The van der Waals surface area contributed by atoms with Crippen LogP contribution in [0.4, 0.5) is 0 Å². The summed E-state index contributed by atoms with van der Waals surface area (Å²) >= 11 is 1.86. The molecule has 0 unspecified atom stereocenters. The number of halogens is 1. The molecule has 142 valence electrons. The van der Waals surface area contributed by atoms with E-state index in [1.807, 2.05) is 24.5 Å². The lowest BCUT2D eigenvalue weighted by atomic mass is 9.97. The molecule has 0 spiro atoms. The van der Waals surface area contributed by atoms with Gasteiger partial charge < -0.3 is 10.6 Å². The SMILES string of the molecule is CN=C(NCc1ccccc1)NCC1CCN(Cc2cccs2)CC1.I. The average Bonchev–Trinajstić information content (AvgIpc) is 3.17. The summed E-state index contributed by atoms with van der Waals surface area (Å²) in [4.78, 5) is 8.39. The number of nitrogens with one attached hydrogen (secondary N) is 2. The van der Waals surface area contributed by atoms with Gasteiger partial charge >= 0.3 is 0 Å². The number of rotatable bonds is 6. The number of nitrogens with zero attached hydrogens (tertiary/aromatic N) is 2. The molecule has 3 rings (SSSR count). The molecule has 0 aliphatic carbocycles. The van der Waals surface area contributed by atoms with Gasteiger partial charge in [0.1, 0.15) is 0 Å². The van der Waals surface area contributed by atoms with Crippen molar-refractivity contribution in [3.63, 3.8) is 0 Å². The van der Waals surface area contributed by atoms with E-state index in [1.165, 1.54) is 36.4 Å². The van der Waals surface area contributed by atoms with Crippen LogP contribution >= 0.6 is 35.3 Å². The number of guanidine groups is 1. The molecule has 6 heteroatoms. The van der Waals surface area contributed by atoms with E-state index in [0.29, 0.717) is 0 Å². The molecule has 1 saturated heterocycles. The predicted octanol–water partition coefficient (Wildman–Crippen LogP) is 3.94. The van der Waals surface area contributed by atoms with Crippen molar-refractivity contribution in [2.45, 2.75) is 25.9 Å². The average molecular weight is 484 g/mol. The first-order chi connectivity index (χ1) is 12.3. The third-order valence-corrected chi connectivity index (χ3v) is 5.61. The molecule has 26 heavy (non-hydrogen) atoms. The van der Waals surface area contributed by atoms with Gasteiger partial charge in [-0.25, -0.2) is 0 Å². The Morgan fingerprint density at radius 3 is 2.54 bits per heavy atom. The molecule has 2 aromatic rings. The first kappa shape index (κ1) is 21.2. The Kier molecular flexibility index (Phi) is 9.42. The number of hydrogen-bond donors (Lipinski definition) is 2. The molecule has 0 saturated carbocycles. The Morgan fingerprint density at radius 2 is 1.88 bits per heavy atom. The highest BCUT2D eigenvalue weighted by Gasteiger charge is 2.19. The Morgan fingerprint density at radius 1 is 1.12 bits per heavy atom. The number of piperidine rings is 1. The quantitative estimate of drug-likeness (QED) is 0.371. The number of likely N-dealkylation sites (tertiary alicyclic amines) is 1. The lowest BCUT2D eigenvalue weighted by molar-refractivity contribution is 0.179. The standard InChI is InChI=1S/C20H28N4S.HI/c1-21-20(22-14-17-6-3-2-4-7-17)23-15-18-9-11-24(12-10-18)16-19-8-5-13-25-19;/h2-8,13,18H,9-12,14-16H2,1H3,(H2,21,22,23);1H. The Balaban J connectivity index is 0.00000243. The van der Waals surface area contributed by atoms with E-state index in [-0.39, 0.29) is 24.0 Å². The third-order valence-electron chi connectivity index (χ3n) is 4.75. The second-order valence-electron chi connectivity index (χ2n) is 6.59. The highest BCUT2D eigenvalue weighted by Crippen LogP contribution is 2.20. The molecule has 0 radical (unpaired) electrons. The topological polar surface area (TPSA) is 39.7 Å². The van der Waals surface area contributed by atoms with E-state index in [2.05, 4.69) is 62.3 Å². The first-order valence-corrected chi connectivity index (χ1v) is 9.94. The summed E-state index contributed by atoms with van der Waals surface area (Å²) in [6, 6.07) is 14.8. The van der Waals surface area contributed by atoms with Crippen LogP contribution in [-0.2, 0) is 13.1 Å². The van der Waals surface area contributed by atoms with Crippen LogP contribution in [0.2, 0.25) is 0 Å². The fourth-order valence-electron chi connectivity index (χ4n) is 3.21. The normalized spacial score (nSPS) is 16.1. The summed E-state index contributed by atoms with van der Waals surface area (Å²) in [6.45, 7) is 5.31. The summed E-state index contributed by atoms with van der Waals surface area (Å²) in [7, 11) is 1.84. The molecule has 1 aromatic carbocycles. The van der Waals surface area contributed by atoms with E-state index in [1.54, 1.807) is 0 Å². The predicted molar refractivity (Wildman–Crippen MR) is 122 cm³/mol. The largest absolute Gasteiger partial charge is 0.356 e.